The van der Waals surface area contributed by atoms with Gasteiger partial charge in [0.2, 0.25) is 11.6 Å². The molecule has 0 fully saturated rings. The van der Waals surface area contributed by atoms with Crippen molar-refractivity contribution >= 4 is 34.6 Å². The Balaban J connectivity index is 2.45. The molecule has 2 rings (SSSR count). The summed E-state index contributed by atoms with van der Waals surface area (Å²) in [6.45, 7) is 0. The summed E-state index contributed by atoms with van der Waals surface area (Å²) in [5.41, 5.74) is 1.84. The predicted octanol–water partition coefficient (Wildman–Crippen LogP) is 2.21. The number of hydrazine groups is 1. The second kappa shape index (κ2) is 5.63. The van der Waals surface area contributed by atoms with Gasteiger partial charge in [0.05, 0.1) is 4.92 Å². The SMILES string of the molecule is NNc1ncnc(Nc2cc(F)cc(Cl)c2)c1[N+](=O)[O-]. The van der Waals surface area contributed by atoms with Crippen LogP contribution < -0.4 is 16.6 Å². The van der Waals surface area contributed by atoms with Crippen LogP contribution in [0.15, 0.2) is 24.5 Å². The first-order valence-corrected chi connectivity index (χ1v) is 5.58. The molecule has 0 aliphatic rings. The third-order valence-electron chi connectivity index (χ3n) is 2.27. The number of nitrogen functional groups attached to an aromatic ring is 1. The van der Waals surface area contributed by atoms with Crippen LogP contribution in [0.25, 0.3) is 0 Å². The number of aromatic nitrogens is 2. The Kier molecular flexibility index (Phi) is 3.91. The average Bonchev–Trinajstić information content (AvgIpc) is 2.36. The van der Waals surface area contributed by atoms with Crippen LogP contribution in [0.4, 0.5) is 27.4 Å². The monoisotopic (exact) mass is 298 g/mol. The van der Waals surface area contributed by atoms with E-state index in [0.717, 1.165) is 18.5 Å². The van der Waals surface area contributed by atoms with E-state index in [1.807, 2.05) is 0 Å². The summed E-state index contributed by atoms with van der Waals surface area (Å²) in [6.07, 6.45) is 1.07. The topological polar surface area (TPSA) is 119 Å². The minimum absolute atomic E-state index is 0.139. The van der Waals surface area contributed by atoms with E-state index in [1.165, 1.54) is 6.07 Å². The van der Waals surface area contributed by atoms with Gasteiger partial charge in [0.15, 0.2) is 0 Å². The van der Waals surface area contributed by atoms with Gasteiger partial charge in [-0.1, -0.05) is 11.6 Å². The molecule has 1 aromatic carbocycles. The molecule has 1 heterocycles. The highest BCUT2D eigenvalue weighted by atomic mass is 35.5. The van der Waals surface area contributed by atoms with Gasteiger partial charge in [-0.2, -0.15) is 0 Å². The van der Waals surface area contributed by atoms with E-state index in [-0.39, 0.29) is 22.3 Å². The Labute approximate surface area is 116 Å². The standard InChI is InChI=1S/C10H8ClFN6O2/c11-5-1-6(12)3-7(2-5)16-9-8(18(19)20)10(17-13)15-4-14-9/h1-4H,13H2,(H2,14,15,16,17). The van der Waals surface area contributed by atoms with E-state index >= 15 is 0 Å². The van der Waals surface area contributed by atoms with Crippen molar-refractivity contribution in [3.8, 4) is 0 Å². The molecule has 0 saturated heterocycles. The van der Waals surface area contributed by atoms with Crippen LogP contribution in [-0.2, 0) is 0 Å². The molecule has 104 valence electrons. The maximum absolute atomic E-state index is 13.2. The molecule has 10 heteroatoms. The highest BCUT2D eigenvalue weighted by molar-refractivity contribution is 6.30. The molecule has 4 N–H and O–H groups in total. The molecule has 0 aliphatic carbocycles. The Morgan fingerprint density at radius 3 is 2.60 bits per heavy atom. The molecule has 8 nitrogen and oxygen atoms in total. The number of hydrogen-bond acceptors (Lipinski definition) is 7. The van der Waals surface area contributed by atoms with Crippen molar-refractivity contribution in [2.24, 2.45) is 5.84 Å². The summed E-state index contributed by atoms with van der Waals surface area (Å²) < 4.78 is 13.2. The molecular weight excluding hydrogens is 291 g/mol. The number of hydrogen-bond donors (Lipinski definition) is 3. The van der Waals surface area contributed by atoms with Crippen molar-refractivity contribution in [3.05, 3.63) is 45.5 Å². The molecule has 0 spiro atoms. The number of benzene rings is 1. The van der Waals surface area contributed by atoms with Crippen LogP contribution in [0.5, 0.6) is 0 Å². The van der Waals surface area contributed by atoms with E-state index in [1.54, 1.807) is 0 Å². The van der Waals surface area contributed by atoms with Gasteiger partial charge in [-0.25, -0.2) is 20.2 Å². The summed E-state index contributed by atoms with van der Waals surface area (Å²) in [5, 5.41) is 13.8. The number of nitro groups is 1. The lowest BCUT2D eigenvalue weighted by Gasteiger charge is -2.08. The maximum atomic E-state index is 13.2. The van der Waals surface area contributed by atoms with Crippen molar-refractivity contribution in [2.45, 2.75) is 0 Å². The molecule has 0 aliphatic heterocycles. The van der Waals surface area contributed by atoms with E-state index in [4.69, 9.17) is 17.4 Å². The number of nitrogens with zero attached hydrogens (tertiary/aromatic N) is 3. The lowest BCUT2D eigenvalue weighted by Crippen LogP contribution is -2.12. The maximum Gasteiger partial charge on any atom is 0.354 e. The first-order chi connectivity index (χ1) is 9.51. The van der Waals surface area contributed by atoms with E-state index < -0.39 is 16.4 Å². The summed E-state index contributed by atoms with van der Waals surface area (Å²) in [7, 11) is 0. The van der Waals surface area contributed by atoms with Crippen molar-refractivity contribution in [3.63, 3.8) is 0 Å². The second-order valence-corrected chi connectivity index (χ2v) is 4.04. The van der Waals surface area contributed by atoms with Crippen LogP contribution in [-0.4, -0.2) is 14.9 Å². The van der Waals surface area contributed by atoms with Gasteiger partial charge in [-0.15, -0.1) is 0 Å². The molecule has 0 radical (unpaired) electrons. The van der Waals surface area contributed by atoms with Crippen molar-refractivity contribution in [2.75, 3.05) is 10.7 Å². The largest absolute Gasteiger partial charge is 0.354 e. The highest BCUT2D eigenvalue weighted by Gasteiger charge is 2.22. The van der Waals surface area contributed by atoms with Gasteiger partial charge in [0.1, 0.15) is 12.1 Å². The van der Waals surface area contributed by atoms with Gasteiger partial charge in [0, 0.05) is 10.7 Å². The molecule has 2 aromatic rings. The first-order valence-electron chi connectivity index (χ1n) is 5.20. The zero-order valence-electron chi connectivity index (χ0n) is 9.80. The smallest absolute Gasteiger partial charge is 0.334 e. The van der Waals surface area contributed by atoms with Crippen LogP contribution in [0.1, 0.15) is 0 Å². The molecule has 0 unspecified atom stereocenters. The quantitative estimate of drug-likeness (QED) is 0.449. The minimum Gasteiger partial charge on any atom is -0.334 e. The number of halogens is 2. The summed E-state index contributed by atoms with van der Waals surface area (Å²) in [5.74, 6) is 4.25. The fourth-order valence-electron chi connectivity index (χ4n) is 1.51. The van der Waals surface area contributed by atoms with Crippen LogP contribution in [0.3, 0.4) is 0 Å². The van der Waals surface area contributed by atoms with Crippen molar-refractivity contribution < 1.29 is 9.31 Å². The van der Waals surface area contributed by atoms with Crippen molar-refractivity contribution in [1.29, 1.82) is 0 Å². The van der Waals surface area contributed by atoms with E-state index in [2.05, 4.69) is 20.7 Å². The van der Waals surface area contributed by atoms with Crippen LogP contribution in [0.2, 0.25) is 5.02 Å². The van der Waals surface area contributed by atoms with Gasteiger partial charge in [-0.3, -0.25) is 10.1 Å². The zero-order valence-corrected chi connectivity index (χ0v) is 10.6. The Hall–Kier alpha value is -2.52. The van der Waals surface area contributed by atoms with Gasteiger partial charge >= 0.3 is 5.69 Å². The van der Waals surface area contributed by atoms with Crippen molar-refractivity contribution in [1.82, 2.24) is 9.97 Å². The second-order valence-electron chi connectivity index (χ2n) is 3.60. The van der Waals surface area contributed by atoms with Gasteiger partial charge < -0.3 is 10.7 Å². The Morgan fingerprint density at radius 1 is 1.30 bits per heavy atom. The number of nitrogens with two attached hydrogens (primary N) is 1. The first kappa shape index (κ1) is 13.9. The molecule has 0 amide bonds. The summed E-state index contributed by atoms with van der Waals surface area (Å²) >= 11 is 5.70. The third kappa shape index (κ3) is 2.90. The van der Waals surface area contributed by atoms with E-state index in [9.17, 15) is 14.5 Å². The minimum atomic E-state index is -0.710. The zero-order chi connectivity index (χ0) is 14.7. The van der Waals surface area contributed by atoms with Gasteiger partial charge in [0.25, 0.3) is 0 Å². The number of nitrogens with one attached hydrogen (secondary N) is 2. The van der Waals surface area contributed by atoms with E-state index in [0.29, 0.717) is 0 Å². The lowest BCUT2D eigenvalue weighted by atomic mass is 10.3. The average molecular weight is 299 g/mol. The number of anilines is 3. The number of rotatable bonds is 4. The fraction of sp³-hybridized carbons (Fsp3) is 0. The molecule has 1 aromatic heterocycles. The summed E-state index contributed by atoms with van der Waals surface area (Å²) in [4.78, 5) is 17.7. The molecule has 0 atom stereocenters. The Morgan fingerprint density at radius 2 is 2.00 bits per heavy atom. The van der Waals surface area contributed by atoms with Gasteiger partial charge in [-0.05, 0) is 18.2 Å². The molecule has 20 heavy (non-hydrogen) atoms. The fourth-order valence-corrected chi connectivity index (χ4v) is 1.73. The highest BCUT2D eigenvalue weighted by Crippen LogP contribution is 2.31. The Bertz CT molecular complexity index is 648. The molecule has 0 saturated carbocycles. The summed E-state index contributed by atoms with van der Waals surface area (Å²) in [6, 6.07) is 3.62. The predicted molar refractivity (Wildman–Crippen MR) is 71.2 cm³/mol. The molecular formula is C10H8ClFN6O2. The lowest BCUT2D eigenvalue weighted by molar-refractivity contribution is -0.383. The third-order valence-corrected chi connectivity index (χ3v) is 2.49. The normalized spacial score (nSPS) is 10.2. The molecule has 0 bridgehead atoms. The van der Waals surface area contributed by atoms with Crippen LogP contribution >= 0.6 is 11.6 Å². The van der Waals surface area contributed by atoms with Crippen LogP contribution in [0, 0.1) is 15.9 Å².